The Bertz CT molecular complexity index is 385. The molecule has 1 aromatic carbocycles. The first-order valence-electron chi connectivity index (χ1n) is 5.44. The number of nitrogens with two attached hydrogens (primary N) is 1. The largest absolute Gasteiger partial charge is 0.321 e. The van der Waals surface area contributed by atoms with E-state index < -0.39 is 17.2 Å². The molecule has 0 aliphatic carbocycles. The maximum atomic E-state index is 13.6. The number of rotatable bonds is 1. The first kappa shape index (κ1) is 11.5. The van der Waals surface area contributed by atoms with Crippen molar-refractivity contribution in [1.82, 2.24) is 4.90 Å². The zero-order valence-corrected chi connectivity index (χ0v) is 9.34. The normalized spacial score (nSPS) is 21.0. The molecule has 0 atom stereocenters. The fourth-order valence-corrected chi connectivity index (χ4v) is 2.17. The molecule has 2 N–H and O–H groups in total. The smallest absolute Gasteiger partial charge is 0.128 e. The lowest BCUT2D eigenvalue weighted by Gasteiger charge is -2.38. The molecule has 0 bridgehead atoms. The summed E-state index contributed by atoms with van der Waals surface area (Å²) in [5.74, 6) is -0.839. The summed E-state index contributed by atoms with van der Waals surface area (Å²) in [6, 6.07) is 3.50. The molecule has 16 heavy (non-hydrogen) atoms. The van der Waals surface area contributed by atoms with Gasteiger partial charge in [0.15, 0.2) is 0 Å². The predicted octanol–water partition coefficient (Wildman–Crippen LogP) is 1.84. The van der Waals surface area contributed by atoms with E-state index in [9.17, 15) is 8.78 Å². The minimum absolute atomic E-state index is 0.306. The summed E-state index contributed by atoms with van der Waals surface area (Å²) in [4.78, 5) is 2.14. The predicted molar refractivity (Wildman–Crippen MR) is 59.0 cm³/mol. The third kappa shape index (κ3) is 2.08. The number of benzene rings is 1. The van der Waals surface area contributed by atoms with E-state index in [2.05, 4.69) is 4.90 Å². The van der Waals surface area contributed by atoms with Gasteiger partial charge in [-0.3, -0.25) is 0 Å². The van der Waals surface area contributed by atoms with E-state index in [1.807, 2.05) is 7.05 Å². The fourth-order valence-electron chi connectivity index (χ4n) is 2.17. The van der Waals surface area contributed by atoms with Crippen molar-refractivity contribution < 1.29 is 8.78 Å². The summed E-state index contributed by atoms with van der Waals surface area (Å²) in [5.41, 5.74) is 5.76. The topological polar surface area (TPSA) is 29.3 Å². The minimum Gasteiger partial charge on any atom is -0.321 e. The van der Waals surface area contributed by atoms with Crippen LogP contribution in [0.25, 0.3) is 0 Å². The van der Waals surface area contributed by atoms with Crippen LogP contribution in [-0.4, -0.2) is 25.0 Å². The molecular formula is C12H16F2N2. The molecule has 0 radical (unpaired) electrons. The van der Waals surface area contributed by atoms with Crippen molar-refractivity contribution in [2.24, 2.45) is 5.73 Å². The average Bonchev–Trinajstić information content (AvgIpc) is 2.26. The van der Waals surface area contributed by atoms with Crippen LogP contribution >= 0.6 is 0 Å². The molecule has 0 spiro atoms. The van der Waals surface area contributed by atoms with E-state index in [4.69, 9.17) is 5.73 Å². The Labute approximate surface area is 94.0 Å². The van der Waals surface area contributed by atoms with Crippen molar-refractivity contribution in [1.29, 1.82) is 0 Å². The number of likely N-dealkylation sites (tertiary alicyclic amines) is 1. The van der Waals surface area contributed by atoms with Crippen LogP contribution in [0, 0.1) is 11.6 Å². The van der Waals surface area contributed by atoms with E-state index in [-0.39, 0.29) is 0 Å². The summed E-state index contributed by atoms with van der Waals surface area (Å²) in [7, 11) is 2.00. The second-order valence-corrected chi connectivity index (χ2v) is 4.58. The molecule has 2 nitrogen and oxygen atoms in total. The van der Waals surface area contributed by atoms with Crippen molar-refractivity contribution in [3.8, 4) is 0 Å². The molecule has 88 valence electrons. The first-order chi connectivity index (χ1) is 7.51. The van der Waals surface area contributed by atoms with Gasteiger partial charge >= 0.3 is 0 Å². The van der Waals surface area contributed by atoms with Crippen molar-refractivity contribution in [3.05, 3.63) is 35.4 Å². The van der Waals surface area contributed by atoms with Gasteiger partial charge in [0.05, 0.1) is 0 Å². The Morgan fingerprint density at radius 3 is 2.50 bits per heavy atom. The standard InChI is InChI=1S/C12H16F2N2/c1-16-6-4-12(15,5-7-16)10-8-9(13)2-3-11(10)14/h2-3,8H,4-7,15H2,1H3. The molecule has 0 aromatic heterocycles. The summed E-state index contributed by atoms with van der Waals surface area (Å²) in [5, 5.41) is 0. The molecule has 4 heteroatoms. The van der Waals surface area contributed by atoms with Gasteiger partial charge in [0, 0.05) is 11.1 Å². The monoisotopic (exact) mass is 226 g/mol. The van der Waals surface area contributed by atoms with Crippen LogP contribution in [0.15, 0.2) is 18.2 Å². The van der Waals surface area contributed by atoms with Gasteiger partial charge in [0.2, 0.25) is 0 Å². The Kier molecular flexibility index (Phi) is 2.95. The highest BCUT2D eigenvalue weighted by molar-refractivity contribution is 5.27. The van der Waals surface area contributed by atoms with Gasteiger partial charge in [-0.05, 0) is 51.2 Å². The third-order valence-corrected chi connectivity index (χ3v) is 3.34. The van der Waals surface area contributed by atoms with Crippen LogP contribution in [-0.2, 0) is 5.54 Å². The number of hydrogen-bond donors (Lipinski definition) is 1. The lowest BCUT2D eigenvalue weighted by molar-refractivity contribution is 0.187. The van der Waals surface area contributed by atoms with Gasteiger partial charge in [-0.15, -0.1) is 0 Å². The molecule has 1 heterocycles. The highest BCUT2D eigenvalue weighted by Crippen LogP contribution is 2.31. The van der Waals surface area contributed by atoms with Crippen molar-refractivity contribution >= 4 is 0 Å². The van der Waals surface area contributed by atoms with Crippen LogP contribution < -0.4 is 5.73 Å². The number of halogens is 2. The molecule has 1 aliphatic rings. The molecule has 0 saturated carbocycles. The van der Waals surface area contributed by atoms with Gasteiger partial charge < -0.3 is 10.6 Å². The molecule has 1 fully saturated rings. The second kappa shape index (κ2) is 4.11. The van der Waals surface area contributed by atoms with Crippen LogP contribution in [0.4, 0.5) is 8.78 Å². The zero-order valence-electron chi connectivity index (χ0n) is 9.34. The number of piperidine rings is 1. The Balaban J connectivity index is 2.32. The van der Waals surface area contributed by atoms with E-state index in [1.165, 1.54) is 6.07 Å². The van der Waals surface area contributed by atoms with E-state index in [0.717, 1.165) is 25.2 Å². The Morgan fingerprint density at radius 1 is 1.25 bits per heavy atom. The maximum absolute atomic E-state index is 13.6. The van der Waals surface area contributed by atoms with E-state index in [0.29, 0.717) is 18.4 Å². The van der Waals surface area contributed by atoms with Gasteiger partial charge in [-0.1, -0.05) is 0 Å². The van der Waals surface area contributed by atoms with Crippen LogP contribution in [0.1, 0.15) is 18.4 Å². The van der Waals surface area contributed by atoms with E-state index >= 15 is 0 Å². The fraction of sp³-hybridized carbons (Fsp3) is 0.500. The van der Waals surface area contributed by atoms with Crippen LogP contribution in [0.3, 0.4) is 0 Å². The summed E-state index contributed by atoms with van der Waals surface area (Å²) in [6.07, 6.45) is 1.31. The maximum Gasteiger partial charge on any atom is 0.128 e. The summed E-state index contributed by atoms with van der Waals surface area (Å²) in [6.45, 7) is 1.62. The summed E-state index contributed by atoms with van der Waals surface area (Å²) >= 11 is 0. The van der Waals surface area contributed by atoms with Gasteiger partial charge in [-0.2, -0.15) is 0 Å². The van der Waals surface area contributed by atoms with Gasteiger partial charge in [0.1, 0.15) is 11.6 Å². The summed E-state index contributed by atoms with van der Waals surface area (Å²) < 4.78 is 26.8. The molecule has 2 rings (SSSR count). The number of hydrogen-bond acceptors (Lipinski definition) is 2. The van der Waals surface area contributed by atoms with Crippen molar-refractivity contribution in [2.75, 3.05) is 20.1 Å². The zero-order chi connectivity index (χ0) is 11.8. The van der Waals surface area contributed by atoms with Gasteiger partial charge in [0.25, 0.3) is 0 Å². The highest BCUT2D eigenvalue weighted by atomic mass is 19.1. The SMILES string of the molecule is CN1CCC(N)(c2cc(F)ccc2F)CC1. The van der Waals surface area contributed by atoms with E-state index in [1.54, 1.807) is 0 Å². The molecule has 0 amide bonds. The molecule has 1 aromatic rings. The number of nitrogens with zero attached hydrogens (tertiary/aromatic N) is 1. The first-order valence-corrected chi connectivity index (χ1v) is 5.44. The lowest BCUT2D eigenvalue weighted by atomic mass is 9.81. The minimum atomic E-state index is -0.724. The van der Waals surface area contributed by atoms with Crippen molar-refractivity contribution in [2.45, 2.75) is 18.4 Å². The molecular weight excluding hydrogens is 210 g/mol. The highest BCUT2D eigenvalue weighted by Gasteiger charge is 2.33. The Morgan fingerprint density at radius 2 is 1.88 bits per heavy atom. The van der Waals surface area contributed by atoms with Crippen molar-refractivity contribution in [3.63, 3.8) is 0 Å². The van der Waals surface area contributed by atoms with Crippen LogP contribution in [0.5, 0.6) is 0 Å². The lowest BCUT2D eigenvalue weighted by Crippen LogP contribution is -2.47. The average molecular weight is 226 g/mol. The second-order valence-electron chi connectivity index (χ2n) is 4.58. The van der Waals surface area contributed by atoms with Gasteiger partial charge in [-0.25, -0.2) is 8.78 Å². The Hall–Kier alpha value is -1.00. The third-order valence-electron chi connectivity index (χ3n) is 3.34. The molecule has 1 saturated heterocycles. The molecule has 0 unspecified atom stereocenters. The molecule has 1 aliphatic heterocycles. The van der Waals surface area contributed by atoms with Crippen LogP contribution in [0.2, 0.25) is 0 Å². The quantitative estimate of drug-likeness (QED) is 0.791.